The van der Waals surface area contributed by atoms with Crippen molar-refractivity contribution in [1.29, 1.82) is 0 Å². The summed E-state index contributed by atoms with van der Waals surface area (Å²) in [7, 11) is 4.01. The number of aliphatic hydroxyl groups excluding tert-OH is 3. The van der Waals surface area contributed by atoms with Crippen LogP contribution in [0.25, 0.3) is 11.0 Å². The molecule has 2 aromatic heterocycles. The number of rotatable bonds is 14. The van der Waals surface area contributed by atoms with Crippen LogP contribution >= 0.6 is 0 Å². The molecule has 3 aromatic rings. The molecule has 1 spiro atoms. The summed E-state index contributed by atoms with van der Waals surface area (Å²) in [5.74, 6) is -0.0943. The van der Waals surface area contributed by atoms with Crippen LogP contribution in [0.1, 0.15) is 223 Å². The van der Waals surface area contributed by atoms with Crippen LogP contribution < -0.4 is 10.6 Å². The maximum atomic E-state index is 16.2. The van der Waals surface area contributed by atoms with E-state index in [4.69, 9.17) is 9.47 Å². The van der Waals surface area contributed by atoms with Gasteiger partial charge in [-0.2, -0.15) is 0 Å². The normalized spacial score (nSPS) is 41.1. The Labute approximate surface area is 512 Å². The van der Waals surface area contributed by atoms with Crippen LogP contribution in [-0.4, -0.2) is 118 Å². The molecule has 1 aromatic carbocycles. The molecule has 0 bridgehead atoms. The highest BCUT2D eigenvalue weighted by Gasteiger charge is 2.78. The summed E-state index contributed by atoms with van der Waals surface area (Å²) in [6.45, 7) is 23.0. The summed E-state index contributed by atoms with van der Waals surface area (Å²) in [5.41, 5.74) is 4.72. The van der Waals surface area contributed by atoms with Crippen molar-refractivity contribution in [3.63, 3.8) is 0 Å². The fourth-order valence-corrected chi connectivity index (χ4v) is 22.5. The molecule has 5 saturated carbocycles. The number of ketones is 3. The van der Waals surface area contributed by atoms with Gasteiger partial charge in [0.1, 0.15) is 17.7 Å². The molecule has 13 nitrogen and oxygen atoms in total. The first-order valence-electron chi connectivity index (χ1n) is 34.3. The molecule has 472 valence electrons. The number of ether oxygens (including phenoxy) is 2. The van der Waals surface area contributed by atoms with Crippen LogP contribution in [0.15, 0.2) is 35.7 Å². The maximum absolute atomic E-state index is 16.2. The average Bonchev–Trinajstić information content (AvgIpc) is 1.14. The molecule has 2 saturated heterocycles. The third-order valence-electron chi connectivity index (χ3n) is 27.2. The monoisotopic (exact) mass is 1180 g/mol. The highest BCUT2D eigenvalue weighted by molar-refractivity contribution is 6.02. The fraction of sp³-hybridized carbons (Fsp3) is 0.767. The lowest BCUT2D eigenvalue weighted by atomic mass is 9.30. The van der Waals surface area contributed by atoms with E-state index < -0.39 is 73.8 Å². The molecule has 0 amide bonds. The Morgan fingerprint density at radius 1 is 0.872 bits per heavy atom. The lowest BCUT2D eigenvalue weighted by Gasteiger charge is -2.74. The number of allylic oxidation sites excluding steroid dienone is 1. The average molecular weight is 1180 g/mol. The van der Waals surface area contributed by atoms with E-state index in [1.165, 1.54) is 12.0 Å². The molecule has 7 fully saturated rings. The number of H-pyrrole nitrogens is 1. The number of carbonyl (C=O) groups is 3. The van der Waals surface area contributed by atoms with Crippen molar-refractivity contribution in [3.05, 3.63) is 69.1 Å². The number of aliphatic hydroxyl groups is 4. The minimum Gasteiger partial charge on any atom is -0.393 e. The van der Waals surface area contributed by atoms with Gasteiger partial charge in [0.25, 0.3) is 0 Å². The van der Waals surface area contributed by atoms with Gasteiger partial charge < -0.3 is 50.1 Å². The van der Waals surface area contributed by atoms with Crippen molar-refractivity contribution < 1.29 is 44.3 Å². The standard InChI is InChI=1S/C73H106N4O9/c1-41(2)16-17-42-30-48-49(31-45(47-15-13-12-14-43(47)37-75-11)32-52(48)73(84)25-28-85-29-26-73)57(62(42)82)50-39-77-40-51-58-59(67(5,34-54(80)65-66(3,4)86-65)21-18-44-38-76-60(50)61(44)77)53(79)35-70(58,8)69(7)22-20-55-68(6,24-27-74-10)56(81)36-72(23-19-46(78)33-72)71(55,9)64(69)63(51)83/h31-32,38-39,41-43,46-47,51,54-55,57,63-65,74-76,78,80,83-84H,12-30,33-37,40H2,1-11H3/t42-,43-,46+,47+,51+,54+,55-,57-,63+,64-,65+,67-,68-,69-,70-,71+,72+/m0/s1. The van der Waals surface area contributed by atoms with Crippen molar-refractivity contribution in [2.45, 2.75) is 245 Å². The number of nitrogens with one attached hydrogen (secondary N) is 3. The van der Waals surface area contributed by atoms with Gasteiger partial charge >= 0.3 is 0 Å². The number of hydrogen-bond donors (Lipinski definition) is 7. The van der Waals surface area contributed by atoms with Gasteiger partial charge in [0.2, 0.25) is 0 Å². The molecule has 3 aliphatic heterocycles. The molecular formula is C73H106N4O9. The third kappa shape index (κ3) is 9.09. The van der Waals surface area contributed by atoms with Gasteiger partial charge in [0.05, 0.1) is 46.5 Å². The highest BCUT2D eigenvalue weighted by Crippen LogP contribution is 2.80. The van der Waals surface area contributed by atoms with Crippen LogP contribution in [0.2, 0.25) is 0 Å². The summed E-state index contributed by atoms with van der Waals surface area (Å²) < 4.78 is 14.5. The summed E-state index contributed by atoms with van der Waals surface area (Å²) in [6, 6.07) is 4.77. The molecule has 0 unspecified atom stereocenters. The van der Waals surface area contributed by atoms with E-state index in [1.54, 1.807) is 0 Å². The van der Waals surface area contributed by atoms with E-state index in [2.05, 4.69) is 93.2 Å². The zero-order valence-electron chi connectivity index (χ0n) is 54.2. The summed E-state index contributed by atoms with van der Waals surface area (Å²) in [5, 5.41) is 58.7. The second-order valence-electron chi connectivity index (χ2n) is 32.6. The molecule has 86 heavy (non-hydrogen) atoms. The summed E-state index contributed by atoms with van der Waals surface area (Å²) in [4.78, 5) is 51.2. The van der Waals surface area contributed by atoms with Crippen LogP contribution in [0.3, 0.4) is 0 Å². The quantitative estimate of drug-likeness (QED) is 0.0758. The van der Waals surface area contributed by atoms with Crippen LogP contribution in [-0.2, 0) is 48.8 Å². The van der Waals surface area contributed by atoms with Crippen molar-refractivity contribution in [3.8, 4) is 0 Å². The first-order valence-corrected chi connectivity index (χ1v) is 34.3. The zero-order chi connectivity index (χ0) is 61.1. The van der Waals surface area contributed by atoms with Gasteiger partial charge in [0, 0.05) is 91.6 Å². The van der Waals surface area contributed by atoms with E-state index in [1.807, 2.05) is 27.9 Å². The van der Waals surface area contributed by atoms with E-state index in [9.17, 15) is 20.4 Å². The smallest absolute Gasteiger partial charge is 0.160 e. The molecule has 7 N–H and O–H groups in total. The molecular weight excluding hydrogens is 1080 g/mol. The Morgan fingerprint density at radius 3 is 2.30 bits per heavy atom. The van der Waals surface area contributed by atoms with Gasteiger partial charge in [-0.3, -0.25) is 14.4 Å². The summed E-state index contributed by atoms with van der Waals surface area (Å²) in [6.07, 6.45) is 15.8. The molecule has 7 aliphatic carbocycles. The zero-order valence-corrected chi connectivity index (χ0v) is 54.2. The van der Waals surface area contributed by atoms with Gasteiger partial charge in [-0.05, 0) is 209 Å². The van der Waals surface area contributed by atoms with Gasteiger partial charge in [-0.1, -0.05) is 79.9 Å². The second-order valence-corrected chi connectivity index (χ2v) is 32.6. The number of aromatic amines is 1. The molecule has 13 heteroatoms. The first-order chi connectivity index (χ1) is 40.7. The highest BCUT2D eigenvalue weighted by atomic mass is 16.6. The third-order valence-corrected chi connectivity index (χ3v) is 27.2. The van der Waals surface area contributed by atoms with E-state index in [0.29, 0.717) is 115 Å². The number of benzene rings is 1. The van der Waals surface area contributed by atoms with Gasteiger partial charge in [0.15, 0.2) is 5.78 Å². The molecule has 5 heterocycles. The topological polar surface area (TPSA) is 199 Å². The SMILES string of the molecule is CNCC[C@]1(C)C(=O)C[C@]2(CC[C@@H](O)C2)[C@@]2(C)[C@H]3[C@H](O)[C@@H]4Cn5cc([C@H]6C(=O)[C@@H](CCC(C)C)Cc7c6cc([C@@H]6CCCC[C@H]6CNC)cc7C6(O)CCOCC6)c6[nH]cc(c65)CC[C@@](C)(C[C@@H](O)[C@H]5OC5(C)C)C5=C4[C@](C)(CC5=O)[C@@]3(C)CC[C@H]21. The Kier molecular flexibility index (Phi) is 15.4. The number of hydrogen-bond acceptors (Lipinski definition) is 11. The van der Waals surface area contributed by atoms with Crippen LogP contribution in [0.5, 0.6) is 0 Å². The predicted octanol–water partition coefficient (Wildman–Crippen LogP) is 11.1. The number of aryl methyl sites for hydroxylation is 1. The van der Waals surface area contributed by atoms with Gasteiger partial charge in [-0.25, -0.2) is 0 Å². The Hall–Kier alpha value is -3.53. The summed E-state index contributed by atoms with van der Waals surface area (Å²) >= 11 is 0. The number of aromatic nitrogens is 2. The van der Waals surface area contributed by atoms with E-state index in [-0.39, 0.29) is 47.1 Å². The van der Waals surface area contributed by atoms with Crippen molar-refractivity contribution >= 4 is 28.4 Å². The van der Waals surface area contributed by atoms with Crippen molar-refractivity contribution in [2.75, 3.05) is 40.4 Å². The largest absolute Gasteiger partial charge is 0.393 e. The fourth-order valence-electron chi connectivity index (χ4n) is 22.5. The Bertz CT molecular complexity index is 3200. The number of carbonyl (C=O) groups excluding carboxylic acids is 3. The van der Waals surface area contributed by atoms with Crippen molar-refractivity contribution in [1.82, 2.24) is 20.2 Å². The first kappa shape index (κ1) is 61.3. The number of nitrogens with zero attached hydrogens (tertiary/aromatic N) is 1. The lowest BCUT2D eigenvalue weighted by molar-refractivity contribution is -0.262. The van der Waals surface area contributed by atoms with E-state index in [0.717, 1.165) is 101 Å². The van der Waals surface area contributed by atoms with E-state index >= 15 is 14.4 Å². The number of epoxide rings is 1. The van der Waals surface area contributed by atoms with Gasteiger partial charge in [-0.15, -0.1) is 0 Å². The molecule has 10 aliphatic rings. The number of Topliss-reactive ketones (excluding diaryl/α,β-unsaturated/α-hetero) is 3. The van der Waals surface area contributed by atoms with Crippen molar-refractivity contribution in [2.24, 2.45) is 68.0 Å². The Balaban J connectivity index is 1.03. The molecule has 0 radical (unpaired) electrons. The second kappa shape index (κ2) is 21.5. The van der Waals surface area contributed by atoms with Crippen LogP contribution in [0, 0.1) is 68.0 Å². The Morgan fingerprint density at radius 2 is 1.62 bits per heavy atom. The minimum atomic E-state index is -1.10. The molecule has 13 rings (SSSR count). The number of fused-ring (bicyclic) bond motifs is 6. The van der Waals surface area contributed by atoms with Crippen LogP contribution in [0.4, 0.5) is 0 Å². The molecule has 17 atom stereocenters. The maximum Gasteiger partial charge on any atom is 0.160 e. The lowest BCUT2D eigenvalue weighted by Crippen LogP contribution is -2.72. The minimum absolute atomic E-state index is 0.0616. The predicted molar refractivity (Wildman–Crippen MR) is 335 cm³/mol.